The maximum absolute atomic E-state index is 11.3. The van der Waals surface area contributed by atoms with E-state index in [2.05, 4.69) is 10.2 Å². The van der Waals surface area contributed by atoms with Crippen LogP contribution < -0.4 is 4.74 Å². The lowest BCUT2D eigenvalue weighted by molar-refractivity contribution is -0.112. The van der Waals surface area contributed by atoms with E-state index in [0.717, 1.165) is 16.7 Å². The minimum atomic E-state index is -0.0564. The molecular formula is C18H16N2O3. The van der Waals surface area contributed by atoms with Gasteiger partial charge in [0.1, 0.15) is 22.8 Å². The summed E-state index contributed by atoms with van der Waals surface area (Å²) in [4.78, 5) is 11.3. The first-order valence-electron chi connectivity index (χ1n) is 7.19. The number of rotatable bonds is 4. The predicted octanol–water partition coefficient (Wildman–Crippen LogP) is 3.81. The molecule has 5 heteroatoms. The molecule has 0 aliphatic carbocycles. The Hall–Kier alpha value is -2.95. The third kappa shape index (κ3) is 2.85. The largest absolute Gasteiger partial charge is 0.494 e. The summed E-state index contributed by atoms with van der Waals surface area (Å²) in [5.41, 5.74) is 2.02. The molecule has 0 aliphatic heterocycles. The highest BCUT2D eigenvalue weighted by molar-refractivity contribution is 6.00. The number of nitrogens with zero attached hydrogens (tertiary/aromatic N) is 2. The fraction of sp³-hybridized carbons (Fsp3) is 0.167. The average Bonchev–Trinajstić information content (AvgIpc) is 2.97. The maximum atomic E-state index is 11.3. The molecule has 0 bridgehead atoms. The van der Waals surface area contributed by atoms with Crippen LogP contribution in [0.15, 0.2) is 40.8 Å². The van der Waals surface area contributed by atoms with Gasteiger partial charge in [-0.15, -0.1) is 10.2 Å². The summed E-state index contributed by atoms with van der Waals surface area (Å²) >= 11 is 0. The van der Waals surface area contributed by atoms with Gasteiger partial charge in [0.2, 0.25) is 0 Å². The van der Waals surface area contributed by atoms with Gasteiger partial charge in [0.25, 0.3) is 0 Å². The van der Waals surface area contributed by atoms with Gasteiger partial charge in [-0.2, -0.15) is 0 Å². The summed E-state index contributed by atoms with van der Waals surface area (Å²) < 4.78 is 11.1. The molecule has 1 aromatic carbocycles. The maximum Gasteiger partial charge on any atom is 0.152 e. The zero-order chi connectivity index (χ0) is 16.4. The van der Waals surface area contributed by atoms with Crippen molar-refractivity contribution in [3.63, 3.8) is 0 Å². The van der Waals surface area contributed by atoms with Crippen LogP contribution in [0.25, 0.3) is 28.3 Å². The van der Waals surface area contributed by atoms with Crippen LogP contribution in [0.1, 0.15) is 18.4 Å². The predicted molar refractivity (Wildman–Crippen MR) is 88.2 cm³/mol. The van der Waals surface area contributed by atoms with Crippen LogP contribution >= 0.6 is 0 Å². The van der Waals surface area contributed by atoms with Gasteiger partial charge in [-0.1, -0.05) is 12.1 Å². The van der Waals surface area contributed by atoms with Crippen LogP contribution in [0, 0.1) is 6.92 Å². The van der Waals surface area contributed by atoms with E-state index in [4.69, 9.17) is 9.15 Å². The van der Waals surface area contributed by atoms with E-state index in [1.807, 2.05) is 37.3 Å². The molecule has 0 N–H and O–H groups in total. The van der Waals surface area contributed by atoms with Crippen molar-refractivity contribution in [2.45, 2.75) is 13.8 Å². The van der Waals surface area contributed by atoms with Gasteiger partial charge < -0.3 is 9.15 Å². The van der Waals surface area contributed by atoms with E-state index < -0.39 is 0 Å². The van der Waals surface area contributed by atoms with Gasteiger partial charge >= 0.3 is 0 Å². The summed E-state index contributed by atoms with van der Waals surface area (Å²) in [6, 6.07) is 9.43. The Bertz CT molecular complexity index is 910. The minimum absolute atomic E-state index is 0.0564. The zero-order valence-electron chi connectivity index (χ0n) is 13.2. The molecule has 0 radical (unpaired) electrons. The average molecular weight is 308 g/mol. The lowest BCUT2D eigenvalue weighted by Crippen LogP contribution is -1.96. The molecule has 2 heterocycles. The van der Waals surface area contributed by atoms with Crippen LogP contribution in [0.2, 0.25) is 0 Å². The molecule has 23 heavy (non-hydrogen) atoms. The Morgan fingerprint density at radius 2 is 2.04 bits per heavy atom. The normalized spacial score (nSPS) is 11.3. The van der Waals surface area contributed by atoms with Gasteiger partial charge in [-0.25, -0.2) is 0 Å². The van der Waals surface area contributed by atoms with Crippen molar-refractivity contribution in [3.8, 4) is 17.1 Å². The molecular weight excluding hydrogens is 292 g/mol. The molecule has 0 unspecified atom stereocenters. The number of carbonyl (C=O) groups is 1. The number of benzene rings is 1. The highest BCUT2D eigenvalue weighted by atomic mass is 16.5. The lowest BCUT2D eigenvalue weighted by atomic mass is 10.0. The molecule has 0 amide bonds. The van der Waals surface area contributed by atoms with Crippen LogP contribution in [-0.4, -0.2) is 23.1 Å². The molecule has 0 saturated heterocycles. The van der Waals surface area contributed by atoms with E-state index >= 15 is 0 Å². The fourth-order valence-electron chi connectivity index (χ4n) is 2.42. The van der Waals surface area contributed by atoms with Gasteiger partial charge in [-0.3, -0.25) is 4.79 Å². The van der Waals surface area contributed by atoms with Gasteiger partial charge in [0.15, 0.2) is 5.78 Å². The summed E-state index contributed by atoms with van der Waals surface area (Å²) in [6.45, 7) is 3.37. The zero-order valence-corrected chi connectivity index (χ0v) is 13.2. The van der Waals surface area contributed by atoms with Crippen molar-refractivity contribution in [2.75, 3.05) is 7.11 Å². The first-order valence-corrected chi connectivity index (χ1v) is 7.19. The van der Waals surface area contributed by atoms with E-state index in [1.54, 1.807) is 13.2 Å². The molecule has 5 nitrogen and oxygen atoms in total. The number of ether oxygens (including phenoxy) is 1. The summed E-state index contributed by atoms with van der Waals surface area (Å²) in [7, 11) is 1.59. The molecule has 2 aromatic heterocycles. The topological polar surface area (TPSA) is 65.2 Å². The van der Waals surface area contributed by atoms with Gasteiger partial charge in [-0.05, 0) is 44.2 Å². The number of ketones is 1. The number of fused-ring (bicyclic) bond motifs is 1. The van der Waals surface area contributed by atoms with Crippen LogP contribution in [0.4, 0.5) is 0 Å². The van der Waals surface area contributed by atoms with Crippen LogP contribution in [0.5, 0.6) is 5.75 Å². The molecule has 0 aliphatic rings. The first-order chi connectivity index (χ1) is 11.1. The minimum Gasteiger partial charge on any atom is -0.494 e. The molecule has 116 valence electrons. The highest BCUT2D eigenvalue weighted by Gasteiger charge is 2.16. The third-order valence-electron chi connectivity index (χ3n) is 3.46. The van der Waals surface area contributed by atoms with Gasteiger partial charge in [0.05, 0.1) is 18.4 Å². The number of hydrogen-bond acceptors (Lipinski definition) is 5. The number of aryl methyl sites for hydroxylation is 1. The number of aromatic nitrogens is 2. The Morgan fingerprint density at radius 3 is 2.70 bits per heavy atom. The molecule has 3 rings (SSSR count). The number of methoxy groups -OCH3 is 1. The Kier molecular flexibility index (Phi) is 3.93. The molecule has 0 atom stereocenters. The smallest absolute Gasteiger partial charge is 0.152 e. The monoisotopic (exact) mass is 308 g/mol. The second-order valence-corrected chi connectivity index (χ2v) is 5.17. The van der Waals surface area contributed by atoms with E-state index in [0.29, 0.717) is 22.7 Å². The van der Waals surface area contributed by atoms with Crippen molar-refractivity contribution in [1.29, 1.82) is 0 Å². The van der Waals surface area contributed by atoms with Crippen molar-refractivity contribution in [1.82, 2.24) is 10.2 Å². The summed E-state index contributed by atoms with van der Waals surface area (Å²) in [5, 5.41) is 9.35. The Labute approximate surface area is 133 Å². The Balaban J connectivity index is 2.33. The van der Waals surface area contributed by atoms with E-state index in [1.165, 1.54) is 13.0 Å². The fourth-order valence-corrected chi connectivity index (χ4v) is 2.42. The Morgan fingerprint density at radius 1 is 1.22 bits per heavy atom. The number of allylic oxidation sites excluding steroid dienone is 1. The van der Waals surface area contributed by atoms with Crippen molar-refractivity contribution >= 4 is 22.8 Å². The van der Waals surface area contributed by atoms with E-state index in [9.17, 15) is 4.79 Å². The summed E-state index contributed by atoms with van der Waals surface area (Å²) in [5.74, 6) is 2.06. The number of carbonyl (C=O) groups excluding carboxylic acids is 1. The second kappa shape index (κ2) is 6.04. The van der Waals surface area contributed by atoms with Crippen LogP contribution in [0.3, 0.4) is 0 Å². The van der Waals surface area contributed by atoms with E-state index in [-0.39, 0.29) is 5.78 Å². The molecule has 3 aromatic rings. The lowest BCUT2D eigenvalue weighted by Gasteiger charge is -2.09. The summed E-state index contributed by atoms with van der Waals surface area (Å²) in [6.07, 6.45) is 3.12. The van der Waals surface area contributed by atoms with Crippen LogP contribution in [-0.2, 0) is 4.79 Å². The van der Waals surface area contributed by atoms with Crippen molar-refractivity contribution in [2.24, 2.45) is 0 Å². The number of hydrogen-bond donors (Lipinski definition) is 0. The first kappa shape index (κ1) is 15.0. The van der Waals surface area contributed by atoms with Crippen molar-refractivity contribution in [3.05, 3.63) is 47.9 Å². The number of furan rings is 1. The third-order valence-corrected chi connectivity index (χ3v) is 3.46. The standard InChI is InChI=1S/C18H16N2O3/c1-11(21)7-9-14-17(15-10-8-12(2)23-15)13-5-4-6-16(22-3)18(13)20-19-14/h4-10H,1-3H3/b9-7+. The van der Waals surface area contributed by atoms with Crippen molar-refractivity contribution < 1.29 is 13.9 Å². The molecule has 0 saturated carbocycles. The van der Waals surface area contributed by atoms with Gasteiger partial charge in [0, 0.05) is 5.39 Å². The molecule has 0 spiro atoms. The second-order valence-electron chi connectivity index (χ2n) is 5.17. The quantitative estimate of drug-likeness (QED) is 0.686. The SMILES string of the molecule is COc1cccc2c(-c3ccc(C)o3)c(/C=C/C(C)=O)nnc12. The molecule has 0 fully saturated rings. The highest BCUT2D eigenvalue weighted by Crippen LogP contribution is 2.35.